The number of nitrogens with one attached hydrogen (secondary N) is 1. The number of hydrazone groups is 1. The van der Waals surface area contributed by atoms with Crippen molar-refractivity contribution < 1.29 is 9.90 Å². The predicted molar refractivity (Wildman–Crippen MR) is 82.3 cm³/mol. The lowest BCUT2D eigenvalue weighted by Gasteiger charge is -2.00. The lowest BCUT2D eigenvalue weighted by molar-refractivity contribution is 0.0955. The third kappa shape index (κ3) is 4.06. The van der Waals surface area contributed by atoms with Gasteiger partial charge in [-0.3, -0.25) is 4.79 Å². The van der Waals surface area contributed by atoms with E-state index in [2.05, 4.69) is 33.1 Å². The summed E-state index contributed by atoms with van der Waals surface area (Å²) in [7, 11) is 0. The molecule has 2 N–H and O–H groups in total. The van der Waals surface area contributed by atoms with E-state index in [9.17, 15) is 4.79 Å². The fourth-order valence-corrected chi connectivity index (χ4v) is 1.96. The Balaban J connectivity index is 1.98. The van der Waals surface area contributed by atoms with Crippen molar-refractivity contribution in [2.75, 3.05) is 0 Å². The van der Waals surface area contributed by atoms with Crippen molar-refractivity contribution in [3.63, 3.8) is 0 Å². The summed E-state index contributed by atoms with van der Waals surface area (Å²) >= 11 is 2.15. The van der Waals surface area contributed by atoms with Gasteiger partial charge in [0, 0.05) is 9.13 Å². The van der Waals surface area contributed by atoms with Crippen LogP contribution in [0.1, 0.15) is 15.9 Å². The van der Waals surface area contributed by atoms with Crippen molar-refractivity contribution in [1.29, 1.82) is 0 Å². The van der Waals surface area contributed by atoms with Gasteiger partial charge in [-0.05, 0) is 70.6 Å². The second-order valence-electron chi connectivity index (χ2n) is 3.80. The third-order valence-electron chi connectivity index (χ3n) is 2.36. The number of carbonyl (C=O) groups is 1. The van der Waals surface area contributed by atoms with E-state index in [1.165, 1.54) is 6.21 Å². The monoisotopic (exact) mass is 366 g/mol. The number of amides is 1. The Kier molecular flexibility index (Phi) is 4.51. The van der Waals surface area contributed by atoms with Crippen LogP contribution in [0.25, 0.3) is 0 Å². The van der Waals surface area contributed by atoms with Crippen molar-refractivity contribution in [3.05, 3.63) is 63.2 Å². The maximum Gasteiger partial charge on any atom is 0.271 e. The molecule has 4 nitrogen and oxygen atoms in total. The summed E-state index contributed by atoms with van der Waals surface area (Å²) < 4.78 is 0.993. The highest BCUT2D eigenvalue weighted by atomic mass is 127. The largest absolute Gasteiger partial charge is 0.508 e. The molecule has 0 unspecified atom stereocenters. The van der Waals surface area contributed by atoms with Crippen LogP contribution in [0.15, 0.2) is 53.6 Å². The van der Waals surface area contributed by atoms with Crippen LogP contribution in [0.2, 0.25) is 0 Å². The van der Waals surface area contributed by atoms with Gasteiger partial charge in [-0.25, -0.2) is 5.43 Å². The molecule has 0 heterocycles. The first-order valence-corrected chi connectivity index (χ1v) is 6.61. The highest BCUT2D eigenvalue weighted by Gasteiger charge is 2.03. The first kappa shape index (κ1) is 13.5. The van der Waals surface area contributed by atoms with Crippen molar-refractivity contribution in [2.24, 2.45) is 5.10 Å². The van der Waals surface area contributed by atoms with Gasteiger partial charge in [0.25, 0.3) is 5.91 Å². The van der Waals surface area contributed by atoms with Crippen LogP contribution in [0.3, 0.4) is 0 Å². The van der Waals surface area contributed by atoms with Gasteiger partial charge in [-0.1, -0.05) is 6.07 Å². The predicted octanol–water partition coefficient (Wildman–Crippen LogP) is 2.76. The van der Waals surface area contributed by atoms with Crippen molar-refractivity contribution in [3.8, 4) is 5.75 Å². The van der Waals surface area contributed by atoms with E-state index in [0.29, 0.717) is 5.56 Å². The minimum atomic E-state index is -0.256. The molecule has 2 rings (SSSR count). The molecule has 0 fully saturated rings. The maximum atomic E-state index is 11.8. The average Bonchev–Trinajstić information content (AvgIpc) is 2.41. The van der Waals surface area contributed by atoms with Crippen LogP contribution >= 0.6 is 22.6 Å². The maximum absolute atomic E-state index is 11.8. The minimum absolute atomic E-state index is 0.194. The van der Waals surface area contributed by atoms with Gasteiger partial charge >= 0.3 is 0 Å². The molecule has 19 heavy (non-hydrogen) atoms. The van der Waals surface area contributed by atoms with E-state index in [1.807, 2.05) is 12.1 Å². The molecule has 1 amide bonds. The molecule has 0 spiro atoms. The Morgan fingerprint density at radius 3 is 2.63 bits per heavy atom. The number of rotatable bonds is 3. The van der Waals surface area contributed by atoms with Crippen LogP contribution in [0, 0.1) is 3.57 Å². The molecule has 0 radical (unpaired) electrons. The van der Waals surface area contributed by atoms with E-state index in [-0.39, 0.29) is 11.7 Å². The number of phenols is 1. The van der Waals surface area contributed by atoms with Crippen molar-refractivity contribution >= 4 is 34.7 Å². The average molecular weight is 366 g/mol. The molecule has 2 aromatic carbocycles. The molecular weight excluding hydrogens is 355 g/mol. The van der Waals surface area contributed by atoms with Gasteiger partial charge in [0.15, 0.2) is 0 Å². The molecule has 5 heteroatoms. The molecule has 0 aromatic heterocycles. The van der Waals surface area contributed by atoms with Crippen LogP contribution < -0.4 is 5.43 Å². The third-order valence-corrected chi connectivity index (χ3v) is 3.03. The molecule has 0 atom stereocenters. The molecule has 0 aliphatic rings. The van der Waals surface area contributed by atoms with Gasteiger partial charge in [0.05, 0.1) is 6.21 Å². The molecular formula is C14H11IN2O2. The highest BCUT2D eigenvalue weighted by Crippen LogP contribution is 2.08. The summed E-state index contributed by atoms with van der Waals surface area (Å²) in [5.41, 5.74) is 3.81. The van der Waals surface area contributed by atoms with Gasteiger partial charge in [-0.15, -0.1) is 0 Å². The summed E-state index contributed by atoms with van der Waals surface area (Å²) in [6.45, 7) is 0. The number of hydrogen-bond acceptors (Lipinski definition) is 3. The van der Waals surface area contributed by atoms with Gasteiger partial charge < -0.3 is 5.11 Å². The van der Waals surface area contributed by atoms with Crippen LogP contribution in [0.5, 0.6) is 5.75 Å². The Morgan fingerprint density at radius 1 is 1.21 bits per heavy atom. The zero-order chi connectivity index (χ0) is 13.7. The summed E-state index contributed by atoms with van der Waals surface area (Å²) in [4.78, 5) is 11.8. The Bertz CT molecular complexity index is 609. The van der Waals surface area contributed by atoms with E-state index >= 15 is 0 Å². The van der Waals surface area contributed by atoms with Crippen molar-refractivity contribution in [2.45, 2.75) is 0 Å². The minimum Gasteiger partial charge on any atom is -0.508 e. The fraction of sp³-hybridized carbons (Fsp3) is 0. The number of aromatic hydroxyl groups is 1. The Labute approximate surface area is 124 Å². The van der Waals surface area contributed by atoms with E-state index in [0.717, 1.165) is 9.13 Å². The highest BCUT2D eigenvalue weighted by molar-refractivity contribution is 14.1. The molecule has 0 aliphatic carbocycles. The fourth-order valence-electron chi connectivity index (χ4n) is 1.42. The van der Waals surface area contributed by atoms with Crippen molar-refractivity contribution in [1.82, 2.24) is 5.43 Å². The van der Waals surface area contributed by atoms with E-state index < -0.39 is 0 Å². The molecule has 0 aliphatic heterocycles. The lowest BCUT2D eigenvalue weighted by atomic mass is 10.2. The first-order chi connectivity index (χ1) is 9.15. The molecule has 0 bridgehead atoms. The van der Waals surface area contributed by atoms with Gasteiger partial charge in [0.1, 0.15) is 5.75 Å². The number of halogens is 1. The topological polar surface area (TPSA) is 61.7 Å². The molecule has 96 valence electrons. The van der Waals surface area contributed by atoms with Crippen LogP contribution in [-0.2, 0) is 0 Å². The smallest absolute Gasteiger partial charge is 0.271 e. The first-order valence-electron chi connectivity index (χ1n) is 5.53. The van der Waals surface area contributed by atoms with Gasteiger partial charge in [0.2, 0.25) is 0 Å². The Hall–Kier alpha value is -1.89. The summed E-state index contributed by atoms with van der Waals surface area (Å²) in [6.07, 6.45) is 1.52. The summed E-state index contributed by atoms with van der Waals surface area (Å²) in [5.74, 6) is -0.0615. The lowest BCUT2D eigenvalue weighted by Crippen LogP contribution is -2.17. The number of nitrogens with zero attached hydrogens (tertiary/aromatic N) is 1. The number of phenolic OH excluding ortho intramolecular Hbond substituents is 1. The quantitative estimate of drug-likeness (QED) is 0.499. The van der Waals surface area contributed by atoms with E-state index in [4.69, 9.17) is 5.11 Å². The molecule has 2 aromatic rings. The molecule has 0 saturated heterocycles. The zero-order valence-corrected chi connectivity index (χ0v) is 12.0. The number of benzene rings is 2. The molecule has 0 saturated carbocycles. The second-order valence-corrected chi connectivity index (χ2v) is 5.05. The van der Waals surface area contributed by atoms with Crippen LogP contribution in [0.4, 0.5) is 0 Å². The zero-order valence-electron chi connectivity index (χ0n) is 9.88. The number of hydrogen-bond donors (Lipinski definition) is 2. The summed E-state index contributed by atoms with van der Waals surface area (Å²) in [6, 6.07) is 13.8. The van der Waals surface area contributed by atoms with Gasteiger partial charge in [-0.2, -0.15) is 5.10 Å². The summed E-state index contributed by atoms with van der Waals surface area (Å²) in [5, 5.41) is 13.0. The number of carbonyl (C=O) groups excluding carboxylic acids is 1. The Morgan fingerprint density at radius 2 is 1.95 bits per heavy atom. The standard InChI is InChI=1S/C14H11IN2O2/c15-12-3-1-2-11(8-12)14(19)17-16-9-10-4-6-13(18)7-5-10/h1-9,18H,(H,17,19)/b16-9-. The van der Waals surface area contributed by atoms with Crippen LogP contribution in [-0.4, -0.2) is 17.2 Å². The normalized spacial score (nSPS) is 10.6. The van der Waals surface area contributed by atoms with E-state index in [1.54, 1.807) is 36.4 Å². The second kappa shape index (κ2) is 6.33. The SMILES string of the molecule is O=C(N/N=C\c1ccc(O)cc1)c1cccc(I)c1.